The number of ether oxygens (including phenoxy) is 1. The normalized spacial score (nSPS) is 19.7. The fourth-order valence-corrected chi connectivity index (χ4v) is 2.44. The van der Waals surface area contributed by atoms with Gasteiger partial charge < -0.3 is 14.4 Å². The summed E-state index contributed by atoms with van der Waals surface area (Å²) >= 11 is 0. The molecule has 1 N–H and O–H groups in total. The summed E-state index contributed by atoms with van der Waals surface area (Å²) in [5.74, 6) is 0.284. The van der Waals surface area contributed by atoms with Crippen LogP contribution in [0.4, 0.5) is 0 Å². The van der Waals surface area contributed by atoms with Gasteiger partial charge in [-0.2, -0.15) is 0 Å². The molecule has 1 aliphatic rings. The van der Waals surface area contributed by atoms with Gasteiger partial charge in [0.25, 0.3) is 5.56 Å². The van der Waals surface area contributed by atoms with E-state index >= 15 is 0 Å². The summed E-state index contributed by atoms with van der Waals surface area (Å²) in [5, 5.41) is 9.19. The number of aliphatic hydroxyl groups excluding tert-OH is 1. The van der Waals surface area contributed by atoms with Crippen LogP contribution < -0.4 is 5.56 Å². The molecule has 2 rings (SSSR count). The summed E-state index contributed by atoms with van der Waals surface area (Å²) in [6, 6.07) is 3.66. The van der Waals surface area contributed by atoms with Crippen LogP contribution in [0, 0.1) is 0 Å². The molecule has 2 heterocycles. The topological polar surface area (TPSA) is 51.5 Å². The molecule has 1 aliphatic heterocycles. The molecule has 1 atom stereocenters. The maximum Gasteiger partial charge on any atom is 0.256 e. The van der Waals surface area contributed by atoms with E-state index in [1.807, 2.05) is 6.07 Å². The quantitative estimate of drug-likeness (QED) is 0.885. The molecule has 0 radical (unpaired) electrons. The third-order valence-electron chi connectivity index (χ3n) is 3.46. The Morgan fingerprint density at radius 3 is 2.83 bits per heavy atom. The maximum atomic E-state index is 12.3. The van der Waals surface area contributed by atoms with Crippen molar-refractivity contribution in [3.05, 3.63) is 33.7 Å². The third-order valence-corrected chi connectivity index (χ3v) is 3.46. The van der Waals surface area contributed by atoms with Crippen LogP contribution in [0.15, 0.2) is 16.9 Å². The molecule has 0 amide bonds. The first-order chi connectivity index (χ1) is 8.63. The zero-order chi connectivity index (χ0) is 13.1. The van der Waals surface area contributed by atoms with Gasteiger partial charge in [0.2, 0.25) is 0 Å². The SMILES string of the molecule is CC(C)c1ccc(CO)c(=O)n1CC1CCCO1. The van der Waals surface area contributed by atoms with Crippen LogP contribution in [-0.4, -0.2) is 22.4 Å². The average Bonchev–Trinajstić information content (AvgIpc) is 2.84. The van der Waals surface area contributed by atoms with E-state index in [0.29, 0.717) is 12.1 Å². The Morgan fingerprint density at radius 1 is 1.50 bits per heavy atom. The smallest absolute Gasteiger partial charge is 0.256 e. The van der Waals surface area contributed by atoms with Crippen LogP contribution in [0.25, 0.3) is 0 Å². The van der Waals surface area contributed by atoms with Crippen molar-refractivity contribution < 1.29 is 9.84 Å². The van der Waals surface area contributed by atoms with E-state index in [9.17, 15) is 9.90 Å². The molecule has 1 fully saturated rings. The zero-order valence-corrected chi connectivity index (χ0v) is 11.1. The lowest BCUT2D eigenvalue weighted by atomic mass is 10.1. The minimum Gasteiger partial charge on any atom is -0.391 e. The minimum absolute atomic E-state index is 0.0841. The Hall–Kier alpha value is -1.13. The molecule has 100 valence electrons. The largest absolute Gasteiger partial charge is 0.391 e. The van der Waals surface area contributed by atoms with E-state index in [1.165, 1.54) is 0 Å². The lowest BCUT2D eigenvalue weighted by molar-refractivity contribution is 0.0950. The molecule has 1 aromatic rings. The van der Waals surface area contributed by atoms with Crippen molar-refractivity contribution in [3.8, 4) is 0 Å². The van der Waals surface area contributed by atoms with Crippen LogP contribution in [0.5, 0.6) is 0 Å². The lowest BCUT2D eigenvalue weighted by Gasteiger charge is -2.19. The fraction of sp³-hybridized carbons (Fsp3) is 0.643. The van der Waals surface area contributed by atoms with Gasteiger partial charge in [-0.15, -0.1) is 0 Å². The molecule has 0 bridgehead atoms. The van der Waals surface area contributed by atoms with E-state index < -0.39 is 0 Å². The van der Waals surface area contributed by atoms with E-state index in [0.717, 1.165) is 25.1 Å². The molecule has 4 nitrogen and oxygen atoms in total. The van der Waals surface area contributed by atoms with Gasteiger partial charge in [-0.3, -0.25) is 4.79 Å². The molecule has 18 heavy (non-hydrogen) atoms. The first-order valence-electron chi connectivity index (χ1n) is 6.58. The van der Waals surface area contributed by atoms with E-state index in [1.54, 1.807) is 10.6 Å². The zero-order valence-electron chi connectivity index (χ0n) is 11.1. The number of pyridine rings is 1. The highest BCUT2D eigenvalue weighted by atomic mass is 16.5. The molecule has 1 unspecified atom stereocenters. The molecule has 0 aliphatic carbocycles. The first kappa shape index (κ1) is 13.3. The fourth-order valence-electron chi connectivity index (χ4n) is 2.44. The van der Waals surface area contributed by atoms with Crippen molar-refractivity contribution >= 4 is 0 Å². The van der Waals surface area contributed by atoms with Crippen molar-refractivity contribution in [2.45, 2.75) is 51.9 Å². The summed E-state index contributed by atoms with van der Waals surface area (Å²) in [7, 11) is 0. The number of hydrogen-bond donors (Lipinski definition) is 1. The van der Waals surface area contributed by atoms with Crippen LogP contribution in [0.3, 0.4) is 0 Å². The van der Waals surface area contributed by atoms with Crippen molar-refractivity contribution in [1.82, 2.24) is 4.57 Å². The molecule has 0 aromatic carbocycles. The highest BCUT2D eigenvalue weighted by molar-refractivity contribution is 5.18. The van der Waals surface area contributed by atoms with Gasteiger partial charge in [0, 0.05) is 17.9 Å². The molecule has 0 saturated carbocycles. The van der Waals surface area contributed by atoms with Gasteiger partial charge in [0.15, 0.2) is 0 Å². The molecule has 4 heteroatoms. The highest BCUT2D eigenvalue weighted by Gasteiger charge is 2.19. The Bertz CT molecular complexity index is 459. The Balaban J connectivity index is 2.36. The van der Waals surface area contributed by atoms with Gasteiger partial charge in [0.1, 0.15) is 0 Å². The lowest BCUT2D eigenvalue weighted by Crippen LogP contribution is -2.31. The Kier molecular flexibility index (Phi) is 4.19. The van der Waals surface area contributed by atoms with Crippen LogP contribution >= 0.6 is 0 Å². The average molecular weight is 251 g/mol. The van der Waals surface area contributed by atoms with Crippen LogP contribution in [0.2, 0.25) is 0 Å². The van der Waals surface area contributed by atoms with E-state index in [4.69, 9.17) is 4.74 Å². The predicted octanol–water partition coefficient (Wildman–Crippen LogP) is 1.64. The summed E-state index contributed by atoms with van der Waals surface area (Å²) in [6.45, 7) is 5.32. The summed E-state index contributed by atoms with van der Waals surface area (Å²) in [5.41, 5.74) is 1.38. The monoisotopic (exact) mass is 251 g/mol. The number of nitrogens with zero attached hydrogens (tertiary/aromatic N) is 1. The second kappa shape index (κ2) is 5.67. The highest BCUT2D eigenvalue weighted by Crippen LogP contribution is 2.18. The number of aromatic nitrogens is 1. The van der Waals surface area contributed by atoms with Gasteiger partial charge in [-0.1, -0.05) is 13.8 Å². The molecule has 1 saturated heterocycles. The summed E-state index contributed by atoms with van der Waals surface area (Å²) < 4.78 is 7.37. The molecule has 1 aromatic heterocycles. The summed E-state index contributed by atoms with van der Waals surface area (Å²) in [4.78, 5) is 12.3. The molecular formula is C14H21NO3. The predicted molar refractivity (Wildman–Crippen MR) is 69.7 cm³/mol. The number of hydrogen-bond acceptors (Lipinski definition) is 3. The molecule has 0 spiro atoms. The molecular weight excluding hydrogens is 230 g/mol. The summed E-state index contributed by atoms with van der Waals surface area (Å²) in [6.07, 6.45) is 2.21. The Morgan fingerprint density at radius 2 is 2.28 bits per heavy atom. The van der Waals surface area contributed by atoms with Gasteiger partial charge in [-0.05, 0) is 30.9 Å². The third kappa shape index (κ3) is 2.65. The van der Waals surface area contributed by atoms with Crippen LogP contribution in [-0.2, 0) is 17.9 Å². The number of rotatable bonds is 4. The van der Waals surface area contributed by atoms with Crippen molar-refractivity contribution in [3.63, 3.8) is 0 Å². The minimum atomic E-state index is -0.206. The maximum absolute atomic E-state index is 12.3. The van der Waals surface area contributed by atoms with E-state index in [-0.39, 0.29) is 24.2 Å². The Labute approximate surface area is 107 Å². The number of aliphatic hydroxyl groups is 1. The second-order valence-corrected chi connectivity index (χ2v) is 5.15. The van der Waals surface area contributed by atoms with Gasteiger partial charge in [0.05, 0.1) is 19.3 Å². The van der Waals surface area contributed by atoms with Crippen molar-refractivity contribution in [2.75, 3.05) is 6.61 Å². The van der Waals surface area contributed by atoms with Crippen molar-refractivity contribution in [1.29, 1.82) is 0 Å². The van der Waals surface area contributed by atoms with Gasteiger partial charge in [-0.25, -0.2) is 0 Å². The first-order valence-corrected chi connectivity index (χ1v) is 6.58. The van der Waals surface area contributed by atoms with Crippen LogP contribution in [0.1, 0.15) is 43.9 Å². The van der Waals surface area contributed by atoms with Gasteiger partial charge >= 0.3 is 0 Å². The van der Waals surface area contributed by atoms with E-state index in [2.05, 4.69) is 13.8 Å². The second-order valence-electron chi connectivity index (χ2n) is 5.15. The van der Waals surface area contributed by atoms with Crippen molar-refractivity contribution in [2.24, 2.45) is 0 Å². The standard InChI is InChI=1S/C14H21NO3/c1-10(2)13-6-5-11(9-16)14(17)15(13)8-12-4-3-7-18-12/h5-6,10,12,16H,3-4,7-9H2,1-2H3.